The fourth-order valence-electron chi connectivity index (χ4n) is 17.9. The van der Waals surface area contributed by atoms with Crippen LogP contribution in [0, 0.1) is 41.4 Å². The molecule has 0 saturated heterocycles. The first-order valence-electron chi connectivity index (χ1n) is 29.5. The van der Waals surface area contributed by atoms with Crippen molar-refractivity contribution in [2.75, 3.05) is 14.7 Å². The van der Waals surface area contributed by atoms with Gasteiger partial charge in [-0.2, -0.15) is 0 Å². The maximum Gasteiger partial charge on any atom is 0.254 e. The zero-order valence-electron chi connectivity index (χ0n) is 46.9. The minimum Gasteiger partial charge on any atom is -0.311 e. The van der Waals surface area contributed by atoms with Crippen molar-refractivity contribution in [1.29, 1.82) is 0 Å². The molecule has 2 aliphatic heterocycles. The Morgan fingerprint density at radius 2 is 0.974 bits per heavy atom. The van der Waals surface area contributed by atoms with Crippen LogP contribution < -0.4 is 31.1 Å². The molecule has 8 bridgehead atoms. The van der Waals surface area contributed by atoms with Crippen molar-refractivity contribution in [3.05, 3.63) is 174 Å². The van der Waals surface area contributed by atoms with Crippen LogP contribution in [0.25, 0.3) is 0 Å². The Morgan fingerprint density at radius 3 is 1.49 bits per heavy atom. The molecule has 0 amide bonds. The van der Waals surface area contributed by atoms with Crippen LogP contribution >= 0.6 is 0 Å². The maximum absolute atomic E-state index is 6.40. The van der Waals surface area contributed by atoms with Crippen LogP contribution in [-0.4, -0.2) is 11.7 Å². The van der Waals surface area contributed by atoms with Gasteiger partial charge in [-0.05, 0) is 226 Å². The number of anilines is 9. The number of aromatic nitrogens is 1. The predicted octanol–water partition coefficient (Wildman–Crippen LogP) is 16.5. The van der Waals surface area contributed by atoms with Gasteiger partial charge in [0, 0.05) is 50.9 Å². The molecule has 4 nitrogen and oxygen atoms in total. The number of hydrogen-bond acceptors (Lipinski definition) is 4. The van der Waals surface area contributed by atoms with Crippen LogP contribution in [0.5, 0.6) is 0 Å². The lowest BCUT2D eigenvalue weighted by molar-refractivity contribution is -0.213. The molecule has 76 heavy (non-hydrogen) atoms. The second kappa shape index (κ2) is 16.0. The quantitative estimate of drug-likeness (QED) is 0.155. The molecule has 7 aromatic rings. The molecular weight excluding hydrogens is 920 g/mol. The monoisotopic (exact) mass is 997 g/mol. The zero-order chi connectivity index (χ0) is 52.0. The number of rotatable bonds is 6. The Hall–Kier alpha value is -6.07. The maximum atomic E-state index is 6.40. The number of hydrogen-bond donors (Lipinski definition) is 0. The summed E-state index contributed by atoms with van der Waals surface area (Å²) in [5.74, 6) is 7.44. The highest BCUT2D eigenvalue weighted by molar-refractivity contribution is 7.00. The second-order valence-electron chi connectivity index (χ2n) is 28.9. The molecule has 17 rings (SSSR count). The Kier molecular flexibility index (Phi) is 9.94. The van der Waals surface area contributed by atoms with Crippen molar-refractivity contribution in [2.24, 2.45) is 41.4 Å². The molecule has 0 N–H and O–H groups in total. The molecule has 6 aromatic carbocycles. The average Bonchev–Trinajstić information content (AvgIpc) is 3.23. The predicted molar refractivity (Wildman–Crippen MR) is 319 cm³/mol. The number of para-hydroxylation sites is 2. The van der Waals surface area contributed by atoms with Gasteiger partial charge in [-0.3, -0.25) is 4.90 Å². The summed E-state index contributed by atoms with van der Waals surface area (Å²) < 4.78 is 0. The van der Waals surface area contributed by atoms with Gasteiger partial charge >= 0.3 is 0 Å². The van der Waals surface area contributed by atoms with E-state index in [1.807, 2.05) is 0 Å². The smallest absolute Gasteiger partial charge is 0.254 e. The average molecular weight is 997 g/mol. The van der Waals surface area contributed by atoms with E-state index in [0.717, 1.165) is 64.3 Å². The summed E-state index contributed by atoms with van der Waals surface area (Å²) in [6, 6.07) is 56.8. The van der Waals surface area contributed by atoms with Crippen LogP contribution in [0.15, 0.2) is 146 Å². The number of benzene rings is 6. The molecule has 3 heterocycles. The van der Waals surface area contributed by atoms with E-state index in [1.165, 1.54) is 124 Å². The van der Waals surface area contributed by atoms with E-state index in [9.17, 15) is 0 Å². The highest BCUT2D eigenvalue weighted by Gasteiger charge is 2.68. The summed E-state index contributed by atoms with van der Waals surface area (Å²) >= 11 is 0. The van der Waals surface area contributed by atoms with Crippen LogP contribution in [0.3, 0.4) is 0 Å². The standard InChI is InChI=1S/C71H77BN4/c1-67(2,3)44-21-25-48(26-22-44)75-61-36-50(74(46-17-13-11-14-18-46)47-19-15-12-16-20-47)29-30-59(61)72-60-37-57-58(70(9,10)32-31-69(57,7)8)38-62(60)76(49-27-23-45(24-28-49)68(4,5)6)66-65(72)63(75)39-64(73-66)71-40-54-51-33-43-34-52(54)56(42-71)53(35-43)55(51)41-71/h11-30,36-39,43,51-56H,31-35,40-42H2,1-10H3/t43?,51-,52-,53?,54?,55?,56?,71-/m1/s1. The fourth-order valence-corrected chi connectivity index (χ4v) is 17.9. The molecule has 0 atom stereocenters. The highest BCUT2D eigenvalue weighted by Crippen LogP contribution is 2.74. The van der Waals surface area contributed by atoms with E-state index in [0.29, 0.717) is 0 Å². The topological polar surface area (TPSA) is 22.6 Å². The third-order valence-corrected chi connectivity index (χ3v) is 21.7. The Labute approximate surface area is 454 Å². The largest absolute Gasteiger partial charge is 0.311 e. The van der Waals surface area contributed by atoms with Crippen molar-refractivity contribution in [3.8, 4) is 0 Å². The van der Waals surface area contributed by atoms with E-state index in [4.69, 9.17) is 4.98 Å². The molecular formula is C71H77BN4. The van der Waals surface area contributed by atoms with E-state index in [1.54, 1.807) is 0 Å². The first kappa shape index (κ1) is 47.2. The van der Waals surface area contributed by atoms with E-state index in [-0.39, 0.29) is 33.8 Å². The first-order valence-corrected chi connectivity index (χ1v) is 29.5. The summed E-state index contributed by atoms with van der Waals surface area (Å²) in [4.78, 5) is 14.2. The first-order chi connectivity index (χ1) is 36.4. The minimum absolute atomic E-state index is 0.0248. The molecule has 7 saturated carbocycles. The third-order valence-electron chi connectivity index (χ3n) is 21.7. The van der Waals surface area contributed by atoms with Crippen molar-refractivity contribution in [2.45, 2.75) is 148 Å². The second-order valence-corrected chi connectivity index (χ2v) is 28.9. The molecule has 0 unspecified atom stereocenters. The lowest BCUT2D eigenvalue weighted by Gasteiger charge is -2.72. The van der Waals surface area contributed by atoms with Crippen molar-refractivity contribution < 1.29 is 0 Å². The van der Waals surface area contributed by atoms with Crippen molar-refractivity contribution >= 4 is 74.4 Å². The summed E-state index contributed by atoms with van der Waals surface area (Å²) in [5.41, 5.74) is 21.1. The van der Waals surface area contributed by atoms with Crippen LogP contribution in [-0.2, 0) is 27.1 Å². The number of pyridine rings is 1. The zero-order valence-corrected chi connectivity index (χ0v) is 46.9. The SMILES string of the molecule is CC(C)(C)c1ccc(N2c3cc(N(c4ccccc4)c4ccccc4)ccc3B3c4cc5c(cc4N(c4ccc(C(C)(C)C)cc4)c4nc([C@]67CC8C9CC%10C[C@@H]8C(C6)[C@@H](C%10)C9C7)cc2c43)C(C)(C)CCC5(C)C)cc1. The third kappa shape index (κ3) is 6.84. The highest BCUT2D eigenvalue weighted by atomic mass is 15.2. The molecule has 8 aliphatic carbocycles. The van der Waals surface area contributed by atoms with Gasteiger partial charge in [-0.25, -0.2) is 4.98 Å². The molecule has 0 radical (unpaired) electrons. The van der Waals surface area contributed by atoms with Gasteiger partial charge in [0.15, 0.2) is 0 Å². The van der Waals surface area contributed by atoms with Gasteiger partial charge in [0.05, 0.1) is 5.69 Å². The molecule has 1 aromatic heterocycles. The van der Waals surface area contributed by atoms with Crippen molar-refractivity contribution in [3.63, 3.8) is 0 Å². The lowest BCUT2D eigenvalue weighted by Crippen LogP contribution is -2.66. The van der Waals surface area contributed by atoms with Gasteiger partial charge in [0.25, 0.3) is 6.71 Å². The van der Waals surface area contributed by atoms with Gasteiger partial charge in [0.1, 0.15) is 5.82 Å². The van der Waals surface area contributed by atoms with E-state index >= 15 is 0 Å². The summed E-state index contributed by atoms with van der Waals surface area (Å²) in [6.45, 7) is 24.0. The van der Waals surface area contributed by atoms with Crippen LogP contribution in [0.1, 0.15) is 149 Å². The summed E-state index contributed by atoms with van der Waals surface area (Å²) in [6.07, 6.45) is 10.7. The Morgan fingerprint density at radius 1 is 0.487 bits per heavy atom. The van der Waals surface area contributed by atoms with Gasteiger partial charge in [-0.1, -0.05) is 142 Å². The van der Waals surface area contributed by atoms with E-state index in [2.05, 4.69) is 230 Å². The lowest BCUT2D eigenvalue weighted by atomic mass is 9.32. The number of fused-ring (bicyclic) bond motifs is 5. The fraction of sp³-hybridized carbons (Fsp3) is 0.423. The summed E-state index contributed by atoms with van der Waals surface area (Å²) in [5, 5.41) is 0. The van der Waals surface area contributed by atoms with E-state index < -0.39 is 0 Å². The molecule has 10 aliphatic rings. The number of nitrogens with zero attached hydrogens (tertiary/aromatic N) is 4. The molecule has 384 valence electrons. The molecule has 7 fully saturated rings. The van der Waals surface area contributed by atoms with Gasteiger partial charge < -0.3 is 9.80 Å². The minimum atomic E-state index is -0.0311. The van der Waals surface area contributed by atoms with Crippen LogP contribution in [0.4, 0.5) is 51.3 Å². The van der Waals surface area contributed by atoms with Crippen LogP contribution in [0.2, 0.25) is 0 Å². The van der Waals surface area contributed by atoms with Gasteiger partial charge in [0.2, 0.25) is 0 Å². The Balaban J connectivity index is 1.04. The van der Waals surface area contributed by atoms with Crippen molar-refractivity contribution in [1.82, 2.24) is 4.98 Å². The Bertz CT molecular complexity index is 3370. The molecule has 5 heteroatoms. The normalized spacial score (nSPS) is 27.5. The summed E-state index contributed by atoms with van der Waals surface area (Å²) in [7, 11) is 0. The molecule has 0 spiro atoms. The van der Waals surface area contributed by atoms with Gasteiger partial charge in [-0.15, -0.1) is 0 Å².